The predicted molar refractivity (Wildman–Crippen MR) is 162 cm³/mol. The van der Waals surface area contributed by atoms with E-state index in [1.165, 1.54) is 30.5 Å². The Hall–Kier alpha value is -3.26. The largest absolute Gasteiger partial charge is 0.508 e. The van der Waals surface area contributed by atoms with E-state index in [1.807, 2.05) is 4.90 Å². The lowest BCUT2D eigenvalue weighted by Crippen LogP contribution is -2.43. The lowest BCUT2D eigenvalue weighted by molar-refractivity contribution is 0.0959. The monoisotopic (exact) mass is 673 g/mol. The first-order valence-electron chi connectivity index (χ1n) is 14.7. The van der Waals surface area contributed by atoms with Gasteiger partial charge in [-0.25, -0.2) is 13.2 Å². The van der Waals surface area contributed by atoms with Gasteiger partial charge in [0.2, 0.25) is 0 Å². The van der Waals surface area contributed by atoms with Crippen LogP contribution < -0.4 is 9.64 Å². The Balaban J connectivity index is 1.37. The maximum Gasteiger partial charge on any atom is 0.319 e. The van der Waals surface area contributed by atoms with Gasteiger partial charge in [-0.1, -0.05) is 6.07 Å². The standard InChI is InChI=1S/C31H31BrF3N5O4/c32-25-23(34)3-2-18-8-20(42)9-21(24(18)25)27-26(35)28-22(11-36-27)29(39-6-7-43-15-17(12-39)14-41)38-30(37-28)44-16-31-4-1-5-40(31)13-19(33)10-31/h2-3,8-9,11,17,19,41-42H,1,4-7,10,12-16H2/t17?,19-,31+/m1/s1. The number of aromatic nitrogens is 3. The molecule has 3 fully saturated rings. The fourth-order valence-electron chi connectivity index (χ4n) is 6.91. The van der Waals surface area contributed by atoms with Crippen molar-refractivity contribution >= 4 is 43.4 Å². The highest BCUT2D eigenvalue weighted by Crippen LogP contribution is 2.42. The second-order valence-electron chi connectivity index (χ2n) is 11.9. The molecular formula is C31H31BrF3N5O4. The van der Waals surface area contributed by atoms with Crippen molar-refractivity contribution < 1.29 is 32.9 Å². The van der Waals surface area contributed by atoms with E-state index in [1.54, 1.807) is 0 Å². The number of nitrogens with zero attached hydrogens (tertiary/aromatic N) is 5. The second-order valence-corrected chi connectivity index (χ2v) is 12.7. The molecule has 4 aromatic rings. The van der Waals surface area contributed by atoms with Gasteiger partial charge in [0.25, 0.3) is 0 Å². The number of aromatic hydroxyl groups is 1. The van der Waals surface area contributed by atoms with Gasteiger partial charge in [-0.2, -0.15) is 9.97 Å². The molecule has 0 saturated carbocycles. The van der Waals surface area contributed by atoms with E-state index in [-0.39, 0.29) is 52.1 Å². The molecule has 9 nitrogen and oxygen atoms in total. The Morgan fingerprint density at radius 1 is 1.16 bits per heavy atom. The highest BCUT2D eigenvalue weighted by Gasteiger charge is 2.49. The first-order valence-corrected chi connectivity index (χ1v) is 15.5. The number of phenols is 1. The zero-order valence-electron chi connectivity index (χ0n) is 23.8. The summed E-state index contributed by atoms with van der Waals surface area (Å²) in [5.41, 5.74) is -0.489. The van der Waals surface area contributed by atoms with Gasteiger partial charge in [-0.15, -0.1) is 0 Å². The smallest absolute Gasteiger partial charge is 0.319 e. The van der Waals surface area contributed by atoms with Gasteiger partial charge in [-0.05, 0) is 58.9 Å². The van der Waals surface area contributed by atoms with E-state index in [0.717, 1.165) is 19.4 Å². The quantitative estimate of drug-likeness (QED) is 0.293. The van der Waals surface area contributed by atoms with Gasteiger partial charge >= 0.3 is 6.01 Å². The third-order valence-electron chi connectivity index (χ3n) is 9.02. The number of phenolic OH excluding ortho intramolecular Hbond substituents is 1. The SMILES string of the molecule is OCC1COCCN(c2nc(OC[C@@]34CCCN3C[C@H](F)C4)nc3c(F)c(-c4cc(O)cc5ccc(F)c(Br)c45)ncc23)C1. The van der Waals surface area contributed by atoms with Crippen molar-refractivity contribution in [3.05, 3.63) is 46.6 Å². The molecule has 2 N–H and O–H groups in total. The van der Waals surface area contributed by atoms with Crippen molar-refractivity contribution in [3.8, 4) is 23.0 Å². The summed E-state index contributed by atoms with van der Waals surface area (Å²) in [6, 6.07) is 5.49. The molecular weight excluding hydrogens is 643 g/mol. The topological polar surface area (TPSA) is 104 Å². The number of rotatable bonds is 6. The van der Waals surface area contributed by atoms with Crippen molar-refractivity contribution in [2.24, 2.45) is 5.92 Å². The van der Waals surface area contributed by atoms with E-state index in [4.69, 9.17) is 14.5 Å². The summed E-state index contributed by atoms with van der Waals surface area (Å²) in [5.74, 6) is -1.30. The van der Waals surface area contributed by atoms with Gasteiger partial charge in [0, 0.05) is 55.7 Å². The van der Waals surface area contributed by atoms with Gasteiger partial charge in [0.05, 0.1) is 28.6 Å². The minimum atomic E-state index is -0.938. The summed E-state index contributed by atoms with van der Waals surface area (Å²) in [5, 5.41) is 21.5. The number of aliphatic hydroxyl groups excluding tert-OH is 1. The third-order valence-corrected chi connectivity index (χ3v) is 9.79. The molecule has 3 atom stereocenters. The average Bonchev–Trinajstić information content (AvgIpc) is 3.42. The van der Waals surface area contributed by atoms with Gasteiger partial charge in [0.15, 0.2) is 5.82 Å². The molecule has 0 amide bonds. The van der Waals surface area contributed by atoms with E-state index >= 15 is 4.39 Å². The molecule has 3 aliphatic rings. The number of halogens is 4. The van der Waals surface area contributed by atoms with Crippen molar-refractivity contribution in [1.29, 1.82) is 0 Å². The maximum atomic E-state index is 16.7. The number of hydrogen-bond donors (Lipinski definition) is 2. The summed E-state index contributed by atoms with van der Waals surface area (Å²) in [6.45, 7) is 2.78. The summed E-state index contributed by atoms with van der Waals surface area (Å²) in [6.07, 6.45) is 2.60. The first kappa shape index (κ1) is 29.5. The van der Waals surface area contributed by atoms with E-state index in [0.29, 0.717) is 61.2 Å². The van der Waals surface area contributed by atoms with Crippen LogP contribution in [-0.2, 0) is 4.74 Å². The van der Waals surface area contributed by atoms with Crippen molar-refractivity contribution in [1.82, 2.24) is 19.9 Å². The van der Waals surface area contributed by atoms with Crippen LogP contribution in [0.5, 0.6) is 11.8 Å². The first-order chi connectivity index (χ1) is 21.3. The minimum absolute atomic E-state index is 0.0641. The third kappa shape index (κ3) is 5.13. The van der Waals surface area contributed by atoms with E-state index in [2.05, 4.69) is 30.8 Å². The summed E-state index contributed by atoms with van der Waals surface area (Å²) in [7, 11) is 0. The van der Waals surface area contributed by atoms with Crippen LogP contribution in [0.2, 0.25) is 0 Å². The molecule has 44 heavy (non-hydrogen) atoms. The zero-order chi connectivity index (χ0) is 30.6. The zero-order valence-corrected chi connectivity index (χ0v) is 25.4. The summed E-state index contributed by atoms with van der Waals surface area (Å²) < 4.78 is 57.7. The fourth-order valence-corrected chi connectivity index (χ4v) is 7.49. The van der Waals surface area contributed by atoms with Crippen LogP contribution in [0.3, 0.4) is 0 Å². The molecule has 2 aromatic heterocycles. The van der Waals surface area contributed by atoms with E-state index < -0.39 is 23.3 Å². The molecule has 3 saturated heterocycles. The number of anilines is 1. The lowest BCUT2D eigenvalue weighted by atomic mass is 9.95. The number of alkyl halides is 1. The lowest BCUT2D eigenvalue weighted by Gasteiger charge is -2.31. The Labute approximate surface area is 259 Å². The summed E-state index contributed by atoms with van der Waals surface area (Å²) >= 11 is 3.28. The highest BCUT2D eigenvalue weighted by atomic mass is 79.9. The minimum Gasteiger partial charge on any atom is -0.508 e. The van der Waals surface area contributed by atoms with Crippen LogP contribution in [0.4, 0.5) is 19.0 Å². The maximum absolute atomic E-state index is 16.7. The molecule has 232 valence electrons. The predicted octanol–water partition coefficient (Wildman–Crippen LogP) is 4.99. The van der Waals surface area contributed by atoms with Gasteiger partial charge < -0.3 is 24.6 Å². The Morgan fingerprint density at radius 2 is 2.02 bits per heavy atom. The van der Waals surface area contributed by atoms with Crippen LogP contribution in [0.1, 0.15) is 19.3 Å². The van der Waals surface area contributed by atoms with Crippen molar-refractivity contribution in [2.75, 3.05) is 57.5 Å². The Morgan fingerprint density at radius 3 is 2.86 bits per heavy atom. The Bertz CT molecular complexity index is 1750. The average molecular weight is 675 g/mol. The van der Waals surface area contributed by atoms with Crippen molar-refractivity contribution in [2.45, 2.75) is 31.0 Å². The fraction of sp³-hybridized carbons (Fsp3) is 0.452. The Kier molecular flexibility index (Phi) is 7.76. The molecule has 0 aliphatic carbocycles. The number of benzene rings is 2. The van der Waals surface area contributed by atoms with Crippen LogP contribution in [0.25, 0.3) is 32.9 Å². The van der Waals surface area contributed by atoms with Crippen LogP contribution in [0, 0.1) is 17.6 Å². The van der Waals surface area contributed by atoms with Crippen LogP contribution >= 0.6 is 15.9 Å². The normalized spacial score (nSPS) is 24.2. The van der Waals surface area contributed by atoms with E-state index in [9.17, 15) is 19.0 Å². The molecule has 3 aliphatic heterocycles. The molecule has 0 radical (unpaired) electrons. The molecule has 7 rings (SSSR count). The number of aliphatic hydroxyl groups is 1. The second kappa shape index (κ2) is 11.6. The van der Waals surface area contributed by atoms with Crippen LogP contribution in [0.15, 0.2) is 34.9 Å². The van der Waals surface area contributed by atoms with Crippen molar-refractivity contribution in [3.63, 3.8) is 0 Å². The molecule has 2 aromatic carbocycles. The summed E-state index contributed by atoms with van der Waals surface area (Å²) in [4.78, 5) is 17.6. The van der Waals surface area contributed by atoms with Gasteiger partial charge in [-0.3, -0.25) is 9.88 Å². The van der Waals surface area contributed by atoms with Crippen LogP contribution in [-0.4, -0.2) is 94.4 Å². The molecule has 13 heteroatoms. The number of hydrogen-bond acceptors (Lipinski definition) is 9. The molecule has 0 bridgehead atoms. The number of ether oxygens (including phenoxy) is 2. The molecule has 1 unspecified atom stereocenters. The number of pyridine rings is 1. The number of fused-ring (bicyclic) bond motifs is 3. The highest BCUT2D eigenvalue weighted by molar-refractivity contribution is 9.10. The van der Waals surface area contributed by atoms with Gasteiger partial charge in [0.1, 0.15) is 41.4 Å². The molecule has 0 spiro atoms. The molecule has 5 heterocycles.